The average molecular weight is 336 g/mol. The van der Waals surface area contributed by atoms with Crippen molar-refractivity contribution >= 4 is 17.5 Å². The molecule has 2 amide bonds. The van der Waals surface area contributed by atoms with E-state index < -0.39 is 0 Å². The molecule has 25 heavy (non-hydrogen) atoms. The summed E-state index contributed by atoms with van der Waals surface area (Å²) in [5.74, 6) is 0.581. The summed E-state index contributed by atoms with van der Waals surface area (Å²) in [6.07, 6.45) is 2.80. The fourth-order valence-corrected chi connectivity index (χ4v) is 3.19. The summed E-state index contributed by atoms with van der Waals surface area (Å²) in [4.78, 5) is 24.6. The number of benzene rings is 2. The molecule has 0 bridgehead atoms. The zero-order chi connectivity index (χ0) is 17.8. The Bertz CT molecular complexity index is 764. The number of anilines is 1. The van der Waals surface area contributed by atoms with Crippen LogP contribution in [0.4, 0.5) is 5.69 Å². The predicted molar refractivity (Wildman–Crippen MR) is 99.7 cm³/mol. The normalized spacial score (nSPS) is 14.6. The predicted octanol–water partition coefficient (Wildman–Crippen LogP) is 3.88. The monoisotopic (exact) mass is 336 g/mol. The average Bonchev–Trinajstić information content (AvgIpc) is 3.45. The number of para-hydroxylation sites is 1. The molecule has 4 nitrogen and oxygen atoms in total. The van der Waals surface area contributed by atoms with E-state index in [4.69, 9.17) is 0 Å². The van der Waals surface area contributed by atoms with Crippen molar-refractivity contribution in [1.29, 1.82) is 0 Å². The molecule has 0 spiro atoms. The standard InChI is InChI=1S/C21H24N2O2/c1-14-7-9-15(10-8-14)18(16-11-12-16)13-20(24)23-19-6-4-3-5-17(19)21(25)22-2/h3-10,16,18H,11-13H2,1-2H3,(H,22,25)(H,23,24). The van der Waals surface area contributed by atoms with Gasteiger partial charge >= 0.3 is 0 Å². The van der Waals surface area contributed by atoms with Gasteiger partial charge in [0.25, 0.3) is 5.91 Å². The van der Waals surface area contributed by atoms with Gasteiger partial charge in [-0.3, -0.25) is 9.59 Å². The van der Waals surface area contributed by atoms with Crippen LogP contribution in [-0.4, -0.2) is 18.9 Å². The van der Waals surface area contributed by atoms with E-state index in [1.54, 1.807) is 25.2 Å². The second kappa shape index (κ2) is 7.51. The van der Waals surface area contributed by atoms with Gasteiger partial charge in [0.2, 0.25) is 5.91 Å². The number of hydrogen-bond donors (Lipinski definition) is 2. The van der Waals surface area contributed by atoms with Crippen LogP contribution in [0.25, 0.3) is 0 Å². The van der Waals surface area contributed by atoms with Crippen molar-refractivity contribution in [2.75, 3.05) is 12.4 Å². The summed E-state index contributed by atoms with van der Waals surface area (Å²) >= 11 is 0. The highest BCUT2D eigenvalue weighted by Crippen LogP contribution is 2.44. The first-order chi connectivity index (χ1) is 12.1. The second-order valence-electron chi connectivity index (χ2n) is 6.73. The highest BCUT2D eigenvalue weighted by Gasteiger charge is 2.33. The number of hydrogen-bond acceptors (Lipinski definition) is 2. The third kappa shape index (κ3) is 4.27. The van der Waals surface area contributed by atoms with Crippen LogP contribution in [0.1, 0.15) is 46.7 Å². The maximum absolute atomic E-state index is 12.6. The maximum atomic E-state index is 12.6. The van der Waals surface area contributed by atoms with Crippen molar-refractivity contribution < 1.29 is 9.59 Å². The van der Waals surface area contributed by atoms with Crippen LogP contribution in [0.5, 0.6) is 0 Å². The van der Waals surface area contributed by atoms with Crippen molar-refractivity contribution in [3.05, 3.63) is 65.2 Å². The van der Waals surface area contributed by atoms with Gasteiger partial charge < -0.3 is 10.6 Å². The number of rotatable bonds is 6. The summed E-state index contributed by atoms with van der Waals surface area (Å²) in [5, 5.41) is 5.53. The summed E-state index contributed by atoms with van der Waals surface area (Å²) in [6.45, 7) is 2.07. The number of amides is 2. The molecule has 130 valence electrons. The summed E-state index contributed by atoms with van der Waals surface area (Å²) < 4.78 is 0. The Labute approximate surface area is 148 Å². The lowest BCUT2D eigenvalue weighted by Crippen LogP contribution is -2.22. The molecule has 0 radical (unpaired) electrons. The van der Waals surface area contributed by atoms with E-state index in [0.717, 1.165) is 0 Å². The second-order valence-corrected chi connectivity index (χ2v) is 6.73. The fourth-order valence-electron chi connectivity index (χ4n) is 3.19. The molecule has 4 heteroatoms. The molecule has 1 fully saturated rings. The minimum absolute atomic E-state index is 0.0474. The van der Waals surface area contributed by atoms with Crippen molar-refractivity contribution in [1.82, 2.24) is 5.32 Å². The SMILES string of the molecule is CNC(=O)c1ccccc1NC(=O)CC(c1ccc(C)cc1)C1CC1. The molecular weight excluding hydrogens is 312 g/mol. The Kier molecular flexibility index (Phi) is 5.17. The van der Waals surface area contributed by atoms with Gasteiger partial charge in [-0.1, -0.05) is 42.0 Å². The van der Waals surface area contributed by atoms with E-state index in [1.165, 1.54) is 24.0 Å². The van der Waals surface area contributed by atoms with Crippen LogP contribution in [0.15, 0.2) is 48.5 Å². The minimum Gasteiger partial charge on any atom is -0.355 e. The molecule has 1 atom stereocenters. The fraction of sp³-hybridized carbons (Fsp3) is 0.333. The Morgan fingerprint density at radius 1 is 1.08 bits per heavy atom. The van der Waals surface area contributed by atoms with Gasteiger partial charge in [0.05, 0.1) is 11.3 Å². The Hall–Kier alpha value is -2.62. The lowest BCUT2D eigenvalue weighted by molar-refractivity contribution is -0.116. The first kappa shape index (κ1) is 17.2. The Morgan fingerprint density at radius 3 is 2.40 bits per heavy atom. The number of carbonyl (C=O) groups is 2. The molecule has 0 heterocycles. The first-order valence-corrected chi connectivity index (χ1v) is 8.76. The molecule has 1 aliphatic carbocycles. The quantitative estimate of drug-likeness (QED) is 0.841. The Balaban J connectivity index is 1.73. The molecule has 1 unspecified atom stereocenters. The Morgan fingerprint density at radius 2 is 1.76 bits per heavy atom. The zero-order valence-electron chi connectivity index (χ0n) is 14.7. The molecule has 1 saturated carbocycles. The van der Waals surface area contributed by atoms with Gasteiger partial charge in [0.15, 0.2) is 0 Å². The van der Waals surface area contributed by atoms with E-state index in [2.05, 4.69) is 41.8 Å². The van der Waals surface area contributed by atoms with E-state index in [1.807, 2.05) is 6.07 Å². The molecule has 2 aromatic rings. The van der Waals surface area contributed by atoms with Crippen LogP contribution >= 0.6 is 0 Å². The highest BCUT2D eigenvalue weighted by molar-refractivity contribution is 6.03. The molecule has 0 aromatic heterocycles. The summed E-state index contributed by atoms with van der Waals surface area (Å²) in [6, 6.07) is 15.5. The van der Waals surface area contributed by atoms with Gasteiger partial charge in [-0.2, -0.15) is 0 Å². The molecular formula is C21H24N2O2. The third-order valence-electron chi connectivity index (χ3n) is 4.77. The lowest BCUT2D eigenvalue weighted by atomic mass is 9.90. The van der Waals surface area contributed by atoms with Crippen molar-refractivity contribution in [2.24, 2.45) is 5.92 Å². The first-order valence-electron chi connectivity index (χ1n) is 8.76. The van der Waals surface area contributed by atoms with Gasteiger partial charge in [0.1, 0.15) is 0 Å². The van der Waals surface area contributed by atoms with Crippen LogP contribution in [0, 0.1) is 12.8 Å². The van der Waals surface area contributed by atoms with E-state index in [0.29, 0.717) is 23.6 Å². The number of carbonyl (C=O) groups excluding carboxylic acids is 2. The number of nitrogens with one attached hydrogen (secondary N) is 2. The van der Waals surface area contributed by atoms with E-state index in [9.17, 15) is 9.59 Å². The van der Waals surface area contributed by atoms with Crippen LogP contribution in [0.3, 0.4) is 0 Å². The highest BCUT2D eigenvalue weighted by atomic mass is 16.2. The van der Waals surface area contributed by atoms with Crippen LogP contribution in [0.2, 0.25) is 0 Å². The number of aryl methyl sites for hydroxylation is 1. The molecule has 3 rings (SSSR count). The third-order valence-corrected chi connectivity index (χ3v) is 4.77. The molecule has 1 aliphatic rings. The van der Waals surface area contributed by atoms with Crippen molar-refractivity contribution in [3.8, 4) is 0 Å². The van der Waals surface area contributed by atoms with Crippen molar-refractivity contribution in [3.63, 3.8) is 0 Å². The summed E-state index contributed by atoms with van der Waals surface area (Å²) in [7, 11) is 1.58. The van der Waals surface area contributed by atoms with E-state index >= 15 is 0 Å². The van der Waals surface area contributed by atoms with Gasteiger partial charge in [0, 0.05) is 13.5 Å². The molecule has 2 aromatic carbocycles. The van der Waals surface area contributed by atoms with Crippen LogP contribution < -0.4 is 10.6 Å². The lowest BCUT2D eigenvalue weighted by Gasteiger charge is -2.17. The molecule has 2 N–H and O–H groups in total. The molecule has 0 aliphatic heterocycles. The van der Waals surface area contributed by atoms with Crippen molar-refractivity contribution in [2.45, 2.75) is 32.1 Å². The van der Waals surface area contributed by atoms with Gasteiger partial charge in [-0.05, 0) is 49.3 Å². The van der Waals surface area contributed by atoms with Crippen LogP contribution in [-0.2, 0) is 4.79 Å². The van der Waals surface area contributed by atoms with E-state index in [-0.39, 0.29) is 17.7 Å². The smallest absolute Gasteiger partial charge is 0.253 e. The summed E-state index contributed by atoms with van der Waals surface area (Å²) in [5.41, 5.74) is 3.49. The molecule has 0 saturated heterocycles. The zero-order valence-corrected chi connectivity index (χ0v) is 14.7. The van der Waals surface area contributed by atoms with Gasteiger partial charge in [-0.25, -0.2) is 0 Å². The minimum atomic E-state index is -0.201. The maximum Gasteiger partial charge on any atom is 0.253 e. The van der Waals surface area contributed by atoms with Gasteiger partial charge in [-0.15, -0.1) is 0 Å². The topological polar surface area (TPSA) is 58.2 Å². The largest absolute Gasteiger partial charge is 0.355 e.